The van der Waals surface area contributed by atoms with Crippen LogP contribution in [0, 0.1) is 5.92 Å². The van der Waals surface area contributed by atoms with E-state index in [9.17, 15) is 4.79 Å². The highest BCUT2D eigenvalue weighted by Gasteiger charge is 2.18. The molecule has 0 unspecified atom stereocenters. The van der Waals surface area contributed by atoms with Gasteiger partial charge in [-0.1, -0.05) is 67.8 Å². The first-order valence-electron chi connectivity index (χ1n) is 8.52. The molecule has 3 rings (SSSR count). The predicted octanol–water partition coefficient (Wildman–Crippen LogP) is 3.29. The van der Waals surface area contributed by atoms with Crippen LogP contribution in [0.1, 0.15) is 37.1 Å². The van der Waals surface area contributed by atoms with E-state index in [1.807, 2.05) is 37.4 Å². The van der Waals surface area contributed by atoms with E-state index in [2.05, 4.69) is 15.2 Å². The van der Waals surface area contributed by atoms with Gasteiger partial charge in [0.15, 0.2) is 0 Å². The van der Waals surface area contributed by atoms with Crippen molar-refractivity contribution in [2.45, 2.75) is 43.8 Å². The molecule has 0 bridgehead atoms. The lowest BCUT2D eigenvalue weighted by Gasteiger charge is -2.16. The summed E-state index contributed by atoms with van der Waals surface area (Å²) in [6.45, 7) is 0.626. The van der Waals surface area contributed by atoms with E-state index in [4.69, 9.17) is 0 Å². The molecule has 1 N–H and O–H groups in total. The van der Waals surface area contributed by atoms with Crippen molar-refractivity contribution in [3.8, 4) is 0 Å². The average Bonchev–Trinajstić information content (AvgIpc) is 3.26. The van der Waals surface area contributed by atoms with Gasteiger partial charge >= 0.3 is 0 Å². The molecule has 5 nitrogen and oxygen atoms in total. The Kier molecular flexibility index (Phi) is 5.91. The molecule has 2 aromatic rings. The van der Waals surface area contributed by atoms with Crippen LogP contribution in [-0.4, -0.2) is 38.8 Å². The monoisotopic (exact) mass is 344 g/mol. The SMILES string of the molecule is CN(Cc1ccccc1)C(=O)CSc1n[nH]c(CC2CCCC2)n1. The molecule has 0 atom stereocenters. The first kappa shape index (κ1) is 17.0. The molecule has 0 saturated heterocycles. The number of benzene rings is 1. The maximum atomic E-state index is 12.2. The first-order valence-corrected chi connectivity index (χ1v) is 9.51. The maximum Gasteiger partial charge on any atom is 0.233 e. The van der Waals surface area contributed by atoms with Gasteiger partial charge in [-0.05, 0) is 11.5 Å². The second-order valence-electron chi connectivity index (χ2n) is 6.44. The van der Waals surface area contributed by atoms with Gasteiger partial charge in [0.05, 0.1) is 5.75 Å². The zero-order valence-corrected chi connectivity index (χ0v) is 14.9. The summed E-state index contributed by atoms with van der Waals surface area (Å²) in [5.41, 5.74) is 1.13. The van der Waals surface area contributed by atoms with E-state index in [0.29, 0.717) is 17.5 Å². The van der Waals surface area contributed by atoms with Crippen molar-refractivity contribution in [1.29, 1.82) is 0 Å². The molecule has 24 heavy (non-hydrogen) atoms. The number of thioether (sulfide) groups is 1. The van der Waals surface area contributed by atoms with Crippen molar-refractivity contribution in [1.82, 2.24) is 20.1 Å². The normalized spacial score (nSPS) is 14.9. The standard InChI is InChI=1S/C18H24N4OS/c1-22(12-15-9-3-2-4-10-15)17(23)13-24-18-19-16(20-21-18)11-14-7-5-6-8-14/h2-4,9-10,14H,5-8,11-13H2,1H3,(H,19,20,21). The topological polar surface area (TPSA) is 61.9 Å². The van der Waals surface area contributed by atoms with E-state index < -0.39 is 0 Å². The maximum absolute atomic E-state index is 12.2. The van der Waals surface area contributed by atoms with Crippen LogP contribution in [0.25, 0.3) is 0 Å². The number of hydrogen-bond donors (Lipinski definition) is 1. The molecule has 1 aromatic carbocycles. The molecule has 128 valence electrons. The molecule has 1 heterocycles. The minimum Gasteiger partial charge on any atom is -0.341 e. The highest BCUT2D eigenvalue weighted by molar-refractivity contribution is 7.99. The summed E-state index contributed by atoms with van der Waals surface area (Å²) in [4.78, 5) is 18.5. The van der Waals surface area contributed by atoms with Gasteiger partial charge in [0, 0.05) is 20.0 Å². The third-order valence-electron chi connectivity index (χ3n) is 4.48. The summed E-state index contributed by atoms with van der Waals surface area (Å²) in [7, 11) is 1.83. The summed E-state index contributed by atoms with van der Waals surface area (Å²) >= 11 is 1.40. The zero-order chi connectivity index (χ0) is 16.8. The molecule has 1 aliphatic carbocycles. The summed E-state index contributed by atoms with van der Waals surface area (Å²) in [6.07, 6.45) is 6.25. The first-order chi connectivity index (χ1) is 11.7. The number of H-pyrrole nitrogens is 1. The van der Waals surface area contributed by atoms with Gasteiger partial charge in [0.1, 0.15) is 5.82 Å². The van der Waals surface area contributed by atoms with Crippen molar-refractivity contribution >= 4 is 17.7 Å². The second-order valence-corrected chi connectivity index (χ2v) is 7.39. The van der Waals surface area contributed by atoms with Gasteiger partial charge in [-0.3, -0.25) is 9.89 Å². The van der Waals surface area contributed by atoms with Crippen LogP contribution >= 0.6 is 11.8 Å². The predicted molar refractivity (Wildman–Crippen MR) is 95.7 cm³/mol. The number of amides is 1. The van der Waals surface area contributed by atoms with Crippen LogP contribution in [0.15, 0.2) is 35.5 Å². The number of rotatable bonds is 7. The molecule has 1 saturated carbocycles. The fourth-order valence-corrected chi connectivity index (χ4v) is 3.86. The van der Waals surface area contributed by atoms with E-state index in [-0.39, 0.29) is 5.91 Å². The molecule has 0 aliphatic heterocycles. The van der Waals surface area contributed by atoms with Crippen molar-refractivity contribution in [3.63, 3.8) is 0 Å². The van der Waals surface area contributed by atoms with E-state index in [1.54, 1.807) is 4.90 Å². The number of nitrogens with zero attached hydrogens (tertiary/aromatic N) is 3. The van der Waals surface area contributed by atoms with E-state index in [0.717, 1.165) is 23.7 Å². The zero-order valence-electron chi connectivity index (χ0n) is 14.1. The Balaban J connectivity index is 1.44. The molecule has 1 amide bonds. The molecule has 6 heteroatoms. The number of carbonyl (C=O) groups excluding carboxylic acids is 1. The van der Waals surface area contributed by atoms with Crippen molar-refractivity contribution in [3.05, 3.63) is 41.7 Å². The van der Waals surface area contributed by atoms with Gasteiger partial charge in [0.25, 0.3) is 0 Å². The molecule has 0 radical (unpaired) electrons. The average molecular weight is 344 g/mol. The summed E-state index contributed by atoms with van der Waals surface area (Å²) < 4.78 is 0. The summed E-state index contributed by atoms with van der Waals surface area (Å²) in [5.74, 6) is 2.15. The van der Waals surface area contributed by atoms with Crippen LogP contribution in [-0.2, 0) is 17.8 Å². The lowest BCUT2D eigenvalue weighted by Crippen LogP contribution is -2.27. The number of nitrogens with one attached hydrogen (secondary N) is 1. The van der Waals surface area contributed by atoms with Crippen LogP contribution in [0.2, 0.25) is 0 Å². The Labute approximate surface area is 147 Å². The number of aromatic amines is 1. The van der Waals surface area contributed by atoms with Crippen LogP contribution < -0.4 is 0 Å². The van der Waals surface area contributed by atoms with Crippen molar-refractivity contribution in [2.24, 2.45) is 5.92 Å². The lowest BCUT2D eigenvalue weighted by molar-refractivity contribution is -0.127. The second kappa shape index (κ2) is 8.33. The van der Waals surface area contributed by atoms with Crippen molar-refractivity contribution in [2.75, 3.05) is 12.8 Å². The molecule has 0 spiro atoms. The van der Waals surface area contributed by atoms with Gasteiger partial charge in [-0.2, -0.15) is 0 Å². The van der Waals surface area contributed by atoms with Crippen LogP contribution in [0.3, 0.4) is 0 Å². The van der Waals surface area contributed by atoms with Crippen LogP contribution in [0.5, 0.6) is 0 Å². The molecule has 1 fully saturated rings. The van der Waals surface area contributed by atoms with Gasteiger partial charge in [0.2, 0.25) is 11.1 Å². The van der Waals surface area contributed by atoms with Gasteiger partial charge in [-0.25, -0.2) is 4.98 Å². The van der Waals surface area contributed by atoms with E-state index >= 15 is 0 Å². The number of hydrogen-bond acceptors (Lipinski definition) is 4. The quantitative estimate of drug-likeness (QED) is 0.783. The Hall–Kier alpha value is -1.82. The minimum atomic E-state index is 0.0889. The molecular formula is C18H24N4OS. The third kappa shape index (κ3) is 4.84. The fraction of sp³-hybridized carbons (Fsp3) is 0.500. The third-order valence-corrected chi connectivity index (χ3v) is 5.31. The Morgan fingerprint density at radius 1 is 1.29 bits per heavy atom. The largest absolute Gasteiger partial charge is 0.341 e. The Morgan fingerprint density at radius 2 is 2.04 bits per heavy atom. The highest BCUT2D eigenvalue weighted by atomic mass is 32.2. The van der Waals surface area contributed by atoms with Crippen LogP contribution in [0.4, 0.5) is 0 Å². The van der Waals surface area contributed by atoms with Gasteiger partial charge in [-0.15, -0.1) is 5.10 Å². The highest BCUT2D eigenvalue weighted by Crippen LogP contribution is 2.27. The number of aromatic nitrogens is 3. The summed E-state index contributed by atoms with van der Waals surface area (Å²) in [6, 6.07) is 10.0. The molecule has 1 aliphatic rings. The fourth-order valence-electron chi connectivity index (χ4n) is 3.10. The van der Waals surface area contributed by atoms with E-state index in [1.165, 1.54) is 37.4 Å². The van der Waals surface area contributed by atoms with Crippen molar-refractivity contribution < 1.29 is 4.79 Å². The lowest BCUT2D eigenvalue weighted by atomic mass is 10.0. The molecule has 1 aromatic heterocycles. The smallest absolute Gasteiger partial charge is 0.233 e. The minimum absolute atomic E-state index is 0.0889. The molecular weight excluding hydrogens is 320 g/mol. The Bertz CT molecular complexity index is 652. The summed E-state index contributed by atoms with van der Waals surface area (Å²) in [5, 5.41) is 7.92. The number of carbonyl (C=O) groups is 1. The van der Waals surface area contributed by atoms with Gasteiger partial charge < -0.3 is 4.90 Å². The Morgan fingerprint density at radius 3 is 2.79 bits per heavy atom.